The van der Waals surface area contributed by atoms with E-state index in [4.69, 9.17) is 5.73 Å². The second-order valence-electron chi connectivity index (χ2n) is 5.25. The lowest BCUT2D eigenvalue weighted by atomic mass is 10.1. The summed E-state index contributed by atoms with van der Waals surface area (Å²) in [5, 5.41) is 7.07. The molecule has 5 nitrogen and oxygen atoms in total. The van der Waals surface area contributed by atoms with Crippen molar-refractivity contribution in [3.63, 3.8) is 0 Å². The van der Waals surface area contributed by atoms with E-state index in [1.54, 1.807) is 10.9 Å². The van der Waals surface area contributed by atoms with Crippen LogP contribution in [-0.4, -0.2) is 21.7 Å². The molecule has 5 heteroatoms. The van der Waals surface area contributed by atoms with Gasteiger partial charge in [0.2, 0.25) is 5.91 Å². The summed E-state index contributed by atoms with van der Waals surface area (Å²) in [6, 6.07) is 9.46. The van der Waals surface area contributed by atoms with Crippen LogP contribution in [0.15, 0.2) is 42.7 Å². The molecule has 1 unspecified atom stereocenters. The highest BCUT2D eigenvalue weighted by Crippen LogP contribution is 2.32. The number of rotatable bonds is 5. The Hall–Kier alpha value is -2.14. The number of carbonyl (C=O) groups excluding carboxylic acids is 1. The average Bonchev–Trinajstić information content (AvgIpc) is 3.14. The first-order valence-electron chi connectivity index (χ1n) is 6.88. The Kier molecular flexibility index (Phi) is 3.52. The maximum absolute atomic E-state index is 11.9. The molecule has 1 atom stereocenters. The molecule has 1 heterocycles. The lowest BCUT2D eigenvalue weighted by Gasteiger charge is -2.11. The molecule has 104 valence electrons. The molecule has 1 aromatic heterocycles. The van der Waals surface area contributed by atoms with Crippen LogP contribution in [0.5, 0.6) is 0 Å². The number of hydrogen-bond acceptors (Lipinski definition) is 3. The van der Waals surface area contributed by atoms with Gasteiger partial charge in [-0.2, -0.15) is 5.10 Å². The molecule has 20 heavy (non-hydrogen) atoms. The number of benzene rings is 1. The Balaban J connectivity index is 1.65. The first-order chi connectivity index (χ1) is 9.72. The van der Waals surface area contributed by atoms with E-state index in [1.807, 2.05) is 36.5 Å². The van der Waals surface area contributed by atoms with Crippen molar-refractivity contribution in [2.45, 2.75) is 25.3 Å². The van der Waals surface area contributed by atoms with E-state index in [0.29, 0.717) is 12.3 Å². The minimum Gasteiger partial charge on any atom is -0.327 e. The first-order valence-corrected chi connectivity index (χ1v) is 6.88. The number of nitrogens with zero attached hydrogens (tertiary/aromatic N) is 2. The van der Waals surface area contributed by atoms with Gasteiger partial charge in [-0.1, -0.05) is 6.07 Å². The molecule has 1 fully saturated rings. The van der Waals surface area contributed by atoms with E-state index < -0.39 is 0 Å². The molecule has 3 N–H and O–H groups in total. The highest BCUT2D eigenvalue weighted by Gasteiger charge is 2.29. The van der Waals surface area contributed by atoms with Gasteiger partial charge in [-0.05, 0) is 43.0 Å². The van der Waals surface area contributed by atoms with E-state index in [9.17, 15) is 4.79 Å². The van der Waals surface area contributed by atoms with Crippen molar-refractivity contribution in [1.82, 2.24) is 9.78 Å². The fourth-order valence-electron chi connectivity index (χ4n) is 2.26. The highest BCUT2D eigenvalue weighted by atomic mass is 16.1. The van der Waals surface area contributed by atoms with E-state index in [0.717, 1.165) is 24.2 Å². The van der Waals surface area contributed by atoms with Gasteiger partial charge in [0.25, 0.3) is 0 Å². The van der Waals surface area contributed by atoms with Crippen LogP contribution in [0.4, 0.5) is 5.69 Å². The highest BCUT2D eigenvalue weighted by molar-refractivity contribution is 5.91. The second kappa shape index (κ2) is 5.46. The minimum atomic E-state index is -0.0259. The SMILES string of the molecule is NC(CC(=O)Nc1cccc(-n2cccn2)c1)C1CC1. The van der Waals surface area contributed by atoms with Gasteiger partial charge in [0.05, 0.1) is 5.69 Å². The van der Waals surface area contributed by atoms with Crippen molar-refractivity contribution in [3.05, 3.63) is 42.7 Å². The van der Waals surface area contributed by atoms with Crippen LogP contribution in [0, 0.1) is 5.92 Å². The van der Waals surface area contributed by atoms with Crippen molar-refractivity contribution in [1.29, 1.82) is 0 Å². The van der Waals surface area contributed by atoms with Gasteiger partial charge >= 0.3 is 0 Å². The number of aromatic nitrogens is 2. The lowest BCUT2D eigenvalue weighted by Crippen LogP contribution is -2.28. The van der Waals surface area contributed by atoms with Crippen molar-refractivity contribution in [3.8, 4) is 5.69 Å². The van der Waals surface area contributed by atoms with Gasteiger partial charge in [0, 0.05) is 30.5 Å². The zero-order chi connectivity index (χ0) is 13.9. The third-order valence-corrected chi connectivity index (χ3v) is 3.55. The van der Waals surface area contributed by atoms with Crippen LogP contribution >= 0.6 is 0 Å². The van der Waals surface area contributed by atoms with E-state index in [1.165, 1.54) is 0 Å². The predicted molar refractivity (Wildman–Crippen MR) is 77.5 cm³/mol. The van der Waals surface area contributed by atoms with Crippen LogP contribution in [0.3, 0.4) is 0 Å². The lowest BCUT2D eigenvalue weighted by molar-refractivity contribution is -0.116. The third-order valence-electron chi connectivity index (χ3n) is 3.55. The van der Waals surface area contributed by atoms with Gasteiger partial charge in [-0.25, -0.2) is 4.68 Å². The monoisotopic (exact) mass is 270 g/mol. The Labute approximate surface area is 117 Å². The number of carbonyl (C=O) groups is 1. The van der Waals surface area contributed by atoms with E-state index in [-0.39, 0.29) is 11.9 Å². The van der Waals surface area contributed by atoms with E-state index in [2.05, 4.69) is 10.4 Å². The molecular formula is C15H18N4O. The Morgan fingerprint density at radius 1 is 1.45 bits per heavy atom. The van der Waals surface area contributed by atoms with Crippen LogP contribution in [0.1, 0.15) is 19.3 Å². The number of amides is 1. The molecule has 0 spiro atoms. The van der Waals surface area contributed by atoms with Gasteiger partial charge in [0.15, 0.2) is 0 Å². The molecule has 2 aromatic rings. The normalized spacial score (nSPS) is 15.8. The first kappa shape index (κ1) is 12.9. The summed E-state index contributed by atoms with van der Waals surface area (Å²) in [5.41, 5.74) is 7.65. The number of nitrogens with two attached hydrogens (primary N) is 1. The van der Waals surface area contributed by atoms with Crippen molar-refractivity contribution in [2.75, 3.05) is 5.32 Å². The van der Waals surface area contributed by atoms with Crippen LogP contribution < -0.4 is 11.1 Å². The molecule has 0 saturated heterocycles. The summed E-state index contributed by atoms with van der Waals surface area (Å²) in [6.07, 6.45) is 6.28. The second-order valence-corrected chi connectivity index (χ2v) is 5.25. The molecule has 1 saturated carbocycles. The number of hydrogen-bond donors (Lipinski definition) is 2. The average molecular weight is 270 g/mol. The minimum absolute atomic E-state index is 0.00991. The molecule has 1 aliphatic carbocycles. The Bertz CT molecular complexity index is 590. The molecule has 1 aliphatic rings. The zero-order valence-electron chi connectivity index (χ0n) is 11.2. The fraction of sp³-hybridized carbons (Fsp3) is 0.333. The quantitative estimate of drug-likeness (QED) is 0.872. The number of anilines is 1. The molecule has 3 rings (SSSR count). The van der Waals surface area contributed by atoms with Crippen molar-refractivity contribution >= 4 is 11.6 Å². The third kappa shape index (κ3) is 3.05. The van der Waals surface area contributed by atoms with Gasteiger partial charge < -0.3 is 11.1 Å². The fourth-order valence-corrected chi connectivity index (χ4v) is 2.26. The summed E-state index contributed by atoms with van der Waals surface area (Å²) in [6.45, 7) is 0. The maximum atomic E-state index is 11.9. The number of nitrogens with one attached hydrogen (secondary N) is 1. The van der Waals surface area contributed by atoms with Crippen molar-refractivity contribution < 1.29 is 4.79 Å². The summed E-state index contributed by atoms with van der Waals surface area (Å²) < 4.78 is 1.76. The largest absolute Gasteiger partial charge is 0.327 e. The van der Waals surface area contributed by atoms with Crippen LogP contribution in [0.2, 0.25) is 0 Å². The zero-order valence-corrected chi connectivity index (χ0v) is 11.2. The topological polar surface area (TPSA) is 72.9 Å². The molecule has 0 radical (unpaired) electrons. The summed E-state index contributed by atoms with van der Waals surface area (Å²) in [7, 11) is 0. The summed E-state index contributed by atoms with van der Waals surface area (Å²) in [4.78, 5) is 11.9. The van der Waals surface area contributed by atoms with Crippen LogP contribution in [-0.2, 0) is 4.79 Å². The molecule has 1 aromatic carbocycles. The van der Waals surface area contributed by atoms with Crippen LogP contribution in [0.25, 0.3) is 5.69 Å². The smallest absolute Gasteiger partial charge is 0.225 e. The Morgan fingerprint density at radius 2 is 2.30 bits per heavy atom. The van der Waals surface area contributed by atoms with Crippen molar-refractivity contribution in [2.24, 2.45) is 11.7 Å². The summed E-state index contributed by atoms with van der Waals surface area (Å²) >= 11 is 0. The van der Waals surface area contributed by atoms with Gasteiger partial charge in [-0.15, -0.1) is 0 Å². The Morgan fingerprint density at radius 3 is 3.00 bits per heavy atom. The van der Waals surface area contributed by atoms with E-state index >= 15 is 0 Å². The van der Waals surface area contributed by atoms with Gasteiger partial charge in [0.1, 0.15) is 0 Å². The molecular weight excluding hydrogens is 252 g/mol. The maximum Gasteiger partial charge on any atom is 0.225 e. The standard InChI is InChI=1S/C15H18N4O/c16-14(11-5-6-11)10-15(20)18-12-3-1-4-13(9-12)19-8-2-7-17-19/h1-4,7-9,11,14H,5-6,10,16H2,(H,18,20). The molecule has 0 bridgehead atoms. The predicted octanol–water partition coefficient (Wildman–Crippen LogP) is 1.94. The molecule has 0 aliphatic heterocycles. The summed E-state index contributed by atoms with van der Waals surface area (Å²) in [5.74, 6) is 0.512. The van der Waals surface area contributed by atoms with Gasteiger partial charge in [-0.3, -0.25) is 4.79 Å². The molecule has 1 amide bonds.